The summed E-state index contributed by atoms with van der Waals surface area (Å²) in [5.74, 6) is 7.70. The first-order valence-corrected chi connectivity index (χ1v) is 51.2. The second kappa shape index (κ2) is 44.3. The van der Waals surface area contributed by atoms with Crippen LogP contribution in [0.1, 0.15) is 223 Å². The van der Waals surface area contributed by atoms with E-state index < -0.39 is 36.9 Å². The summed E-state index contributed by atoms with van der Waals surface area (Å²) in [5, 5.41) is 35.4. The molecule has 5 aromatic carbocycles. The molecule has 12 N–H and O–H groups in total. The molecule has 12 aromatic heterocycles. The maximum absolute atomic E-state index is 12.1. The van der Waals surface area contributed by atoms with Gasteiger partial charge in [0.2, 0.25) is 53.3 Å². The molecule has 15 heterocycles. The average molecular weight is 2030 g/mol. The molecule has 0 saturated carbocycles. The third-order valence-corrected chi connectivity index (χ3v) is 31.2. The molecule has 3 saturated heterocycles. The largest absolute Gasteiger partial charge is 0.368 e. The molecule has 149 heavy (non-hydrogen) atoms. The van der Waals surface area contributed by atoms with Crippen LogP contribution in [0.5, 0.6) is 0 Å². The summed E-state index contributed by atoms with van der Waals surface area (Å²) in [6.45, 7) is 32.7. The van der Waals surface area contributed by atoms with Crippen molar-refractivity contribution >= 4 is 57.4 Å². The highest BCUT2D eigenvalue weighted by atomic mass is 32.2. The van der Waals surface area contributed by atoms with Crippen molar-refractivity contribution in [2.75, 3.05) is 65.2 Å². The maximum Gasteiger partial charge on any atom is 0.324 e. The van der Waals surface area contributed by atoms with Gasteiger partial charge in [0.05, 0.1) is 38.6 Å². The number of carbonyl (C=O) groups is 2. The highest BCUT2D eigenvalue weighted by Gasteiger charge is 2.45. The minimum absolute atomic E-state index is 0.0276. The first kappa shape index (κ1) is 105. The highest BCUT2D eigenvalue weighted by molar-refractivity contribution is 7.91. The molecule has 2 amide bonds. The van der Waals surface area contributed by atoms with E-state index in [1.807, 2.05) is 78.7 Å². The van der Waals surface area contributed by atoms with Gasteiger partial charge in [-0.3, -0.25) is 19.4 Å². The fourth-order valence-electron chi connectivity index (χ4n) is 18.0. The van der Waals surface area contributed by atoms with Gasteiger partial charge >= 0.3 is 6.01 Å². The molecule has 3 aliphatic rings. The number of sulfone groups is 1. The molecule has 17 aromatic rings. The van der Waals surface area contributed by atoms with Crippen molar-refractivity contribution in [2.45, 2.75) is 182 Å². The van der Waals surface area contributed by atoms with E-state index >= 15 is 0 Å². The molecule has 0 aliphatic carbocycles. The molecule has 20 rings (SSSR count). The van der Waals surface area contributed by atoms with Crippen LogP contribution in [-0.2, 0) is 53.5 Å². The Morgan fingerprint density at radius 1 is 0.369 bits per heavy atom. The smallest absolute Gasteiger partial charge is 0.324 e. The molecule has 0 spiro atoms. The Hall–Kier alpha value is -16.7. The van der Waals surface area contributed by atoms with E-state index in [-0.39, 0.29) is 94.7 Å². The Morgan fingerprint density at radius 3 is 1.03 bits per heavy atom. The fourth-order valence-corrected chi connectivity index (χ4v) is 19.2. The van der Waals surface area contributed by atoms with Crippen LogP contribution in [0.2, 0.25) is 0 Å². The number of piperidine rings is 2. The predicted octanol–water partition coefficient (Wildman–Crippen LogP) is 16.4. The number of anilines is 6. The number of H-pyrrole nitrogens is 1. The summed E-state index contributed by atoms with van der Waals surface area (Å²) < 4.78 is 52.9. The third-order valence-electron chi connectivity index (χ3n) is 29.6. The van der Waals surface area contributed by atoms with Gasteiger partial charge < -0.3 is 66.4 Å². The number of amides is 2. The molecule has 772 valence electrons. The molecule has 41 nitrogen and oxygen atoms in total. The number of nitrogens with one attached hydrogen (secondary N) is 2. The molecule has 7 unspecified atom stereocenters. The number of likely N-dealkylation sites (tertiary alicyclic amines) is 1. The van der Waals surface area contributed by atoms with Gasteiger partial charge in [-0.25, -0.2) is 58.3 Å². The highest BCUT2D eigenvalue weighted by Crippen LogP contribution is 2.46. The lowest BCUT2D eigenvalue weighted by Gasteiger charge is -2.31. The molecular weight excluding hydrogens is 1910 g/mol. The number of nitrogen functional groups attached to an aromatic ring is 5. The SMILES string of the molecule is CC(C)C(C)(c1ccc(-c2cnc(N)nc2)cc1)c1noc(-c2ccn[nH]2)n1.CC(C)C(C)(c1ccc(-c2cnc(N)nc2)cc1)c1noc(-c2ccnn2C)n1.CC(C)C(C)(c1ccc(-c2cnc(N)nc2)cc1)c1noc(C2CCCC(=O)N2)n1.CC(C)C(C)(c1ccc(-c2cnc(N)nc2)cc1)c1noc(C2CCCC(=O)N2C)n1.CC(C)C(C)(c1ccc(-c2cnc(N)nc2)cc1)c1noc(N2CCS(=O)(=O)CC2)n1. The lowest BCUT2D eigenvalue weighted by Crippen LogP contribution is -2.40. The van der Waals surface area contributed by atoms with Crippen LogP contribution in [-0.4, -0.2) is 177 Å². The van der Waals surface area contributed by atoms with Crippen LogP contribution in [0.15, 0.2) is 230 Å². The lowest BCUT2D eigenvalue weighted by molar-refractivity contribution is -0.135. The standard InChI is InChI=1S/C23H28N6O2.C22H26N6O2.C21H23N7O.C21H26N6O3S.C20H21N7O/c1-14(2)23(3,17-10-8-15(9-11-17)16-12-25-22(24)26-13-16)21-27-20(31-28-21)18-6-5-7-19(30)29(18)4;1-13(2)22(3,20-27-19(30-28-20)17-5-4-6-18(29)26-17)16-9-7-14(8-10-16)15-11-24-21(23)25-12-15;1-13(2)21(3,19-26-18(29-27-19)17-9-10-25-28(17)4)16-7-5-14(6-8-16)15-11-23-20(22)24-12-15;1-14(2)21(3,17-6-4-15(5-7-17)16-12-23-19(22)24-13-16)18-25-20(30-26-18)27-8-10-31(28,29)11-9-27;1-12(2)20(3,18-25-17(28-27-18)16-8-9-24-26-16)15-6-4-13(5-7-15)14-10-22-19(21)23-11-14/h8-14,18H,5-7H2,1-4H3,(H2,24,25,26);7-13,17H,4-6H2,1-3H3,(H,26,29)(H2,23,24,25);5-13H,1-4H3,(H2,22,23,24);4-7,12-14H,8-11H2,1-3H3,(H2,22,23,24);4-12H,1-3H3,(H,24,26)(H2,21,22,23). The van der Waals surface area contributed by atoms with E-state index in [0.717, 1.165) is 115 Å². The minimum atomic E-state index is -2.98. The van der Waals surface area contributed by atoms with E-state index in [2.05, 4.69) is 271 Å². The van der Waals surface area contributed by atoms with E-state index in [1.54, 1.807) is 97.1 Å². The first-order chi connectivity index (χ1) is 71.2. The Kier molecular flexibility index (Phi) is 31.3. The number of nitrogens with two attached hydrogens (primary N) is 5. The van der Waals surface area contributed by atoms with Crippen LogP contribution in [0.4, 0.5) is 35.8 Å². The van der Waals surface area contributed by atoms with Crippen molar-refractivity contribution in [3.63, 3.8) is 0 Å². The number of aromatic nitrogens is 24. The summed E-state index contributed by atoms with van der Waals surface area (Å²) in [6, 6.07) is 44.8. The summed E-state index contributed by atoms with van der Waals surface area (Å²) >= 11 is 0. The Labute approximate surface area is 862 Å². The van der Waals surface area contributed by atoms with Crippen LogP contribution < -0.4 is 38.9 Å². The van der Waals surface area contributed by atoms with Crippen molar-refractivity contribution in [3.8, 4) is 78.8 Å². The predicted molar refractivity (Wildman–Crippen MR) is 562 cm³/mol. The molecule has 0 radical (unpaired) electrons. The minimum Gasteiger partial charge on any atom is -0.368 e. The molecule has 42 heteroatoms. The number of hydrogen-bond acceptors (Lipinski definition) is 37. The number of nitrogens with zero attached hydrogens (tertiary/aromatic N) is 25. The number of hydrogen-bond donors (Lipinski definition) is 7. The fraction of sp³-hybridized carbons (Fsp3) is 0.364. The van der Waals surface area contributed by atoms with Crippen LogP contribution >= 0.6 is 0 Å². The Bertz CT molecular complexity index is 7460. The van der Waals surface area contributed by atoms with Crippen molar-refractivity contribution in [2.24, 2.45) is 36.6 Å². The first-order valence-electron chi connectivity index (χ1n) is 49.4. The van der Waals surface area contributed by atoms with Crippen LogP contribution in [0, 0.1) is 29.6 Å². The summed E-state index contributed by atoms with van der Waals surface area (Å²) in [4.78, 5) is 91.4. The summed E-state index contributed by atoms with van der Waals surface area (Å²) in [6.07, 6.45) is 24.9. The van der Waals surface area contributed by atoms with Gasteiger partial charge in [0.1, 0.15) is 23.5 Å². The van der Waals surface area contributed by atoms with Crippen molar-refractivity contribution in [1.82, 2.24) is 131 Å². The zero-order valence-corrected chi connectivity index (χ0v) is 87.2. The number of aromatic amines is 1. The lowest BCUT2D eigenvalue weighted by atomic mass is 9.72. The molecule has 0 bridgehead atoms. The zero-order chi connectivity index (χ0) is 106. The zero-order valence-electron chi connectivity index (χ0n) is 86.4. The van der Waals surface area contributed by atoms with Crippen molar-refractivity contribution in [3.05, 3.63) is 277 Å². The van der Waals surface area contributed by atoms with Crippen molar-refractivity contribution in [1.29, 1.82) is 0 Å². The van der Waals surface area contributed by atoms with E-state index in [9.17, 15) is 18.0 Å². The quantitative estimate of drug-likeness (QED) is 0.0279. The number of benzene rings is 5. The second-order valence-electron chi connectivity index (χ2n) is 39.9. The van der Waals surface area contributed by atoms with Gasteiger partial charge in [-0.15, -0.1) is 0 Å². The molecule has 7 atom stereocenters. The van der Waals surface area contributed by atoms with Gasteiger partial charge in [-0.1, -0.05) is 216 Å². The average Bonchev–Trinajstić information content (AvgIpc) is 1.69. The van der Waals surface area contributed by atoms with Gasteiger partial charge in [0, 0.05) is 142 Å². The van der Waals surface area contributed by atoms with Crippen molar-refractivity contribution < 1.29 is 40.6 Å². The summed E-state index contributed by atoms with van der Waals surface area (Å²) in [7, 11) is 0.672. The monoisotopic (exact) mass is 2030 g/mol. The number of carbonyl (C=O) groups excluding carboxylic acids is 2. The Balaban J connectivity index is 0.000000133. The molecular formula is C107H124N32O9S. The number of rotatable bonds is 25. The molecule has 3 aliphatic heterocycles. The van der Waals surface area contributed by atoms with E-state index in [1.165, 1.54) is 0 Å². The second-order valence-corrected chi connectivity index (χ2v) is 42.2. The van der Waals surface area contributed by atoms with E-state index in [4.69, 9.17) is 66.2 Å². The summed E-state index contributed by atoms with van der Waals surface area (Å²) in [5.41, 5.74) is 42.1. The Morgan fingerprint density at radius 2 is 0.691 bits per heavy atom. The van der Waals surface area contributed by atoms with Gasteiger partial charge in [-0.05, 0) is 158 Å². The van der Waals surface area contributed by atoms with Crippen LogP contribution in [0.3, 0.4) is 0 Å². The topological polar surface area (TPSA) is 587 Å². The maximum atomic E-state index is 12.1. The van der Waals surface area contributed by atoms with Crippen LogP contribution in [0.25, 0.3) is 78.8 Å². The van der Waals surface area contributed by atoms with E-state index in [0.29, 0.717) is 90.3 Å². The normalized spacial score (nSPS) is 16.7. The van der Waals surface area contributed by atoms with Gasteiger partial charge in [-0.2, -0.15) is 35.1 Å². The molecule has 3 fully saturated rings. The van der Waals surface area contributed by atoms with Gasteiger partial charge in [0.25, 0.3) is 11.8 Å². The van der Waals surface area contributed by atoms with Gasteiger partial charge in [0.15, 0.2) is 39.0 Å². The third kappa shape index (κ3) is 22.7. The number of aryl methyl sites for hydroxylation is 1.